The molecule has 4 rings (SSSR count). The predicted molar refractivity (Wildman–Crippen MR) is 112 cm³/mol. The highest BCUT2D eigenvalue weighted by molar-refractivity contribution is 5.86. The topological polar surface area (TPSA) is 73.8 Å². The van der Waals surface area contributed by atoms with Crippen molar-refractivity contribution in [3.05, 3.63) is 81.5 Å². The lowest BCUT2D eigenvalue weighted by atomic mass is 10.0. The summed E-state index contributed by atoms with van der Waals surface area (Å²) in [6.45, 7) is 4.67. The van der Waals surface area contributed by atoms with E-state index in [1.54, 1.807) is 13.1 Å². The first kappa shape index (κ1) is 17.8. The molecule has 0 fully saturated rings. The summed E-state index contributed by atoms with van der Waals surface area (Å²) in [7, 11) is 3.10. The van der Waals surface area contributed by atoms with Gasteiger partial charge in [0.15, 0.2) is 11.2 Å². The second-order valence-corrected chi connectivity index (χ2v) is 6.71. The van der Waals surface area contributed by atoms with Gasteiger partial charge in [-0.1, -0.05) is 48.5 Å². The molecule has 2 aromatic heterocycles. The quantitative estimate of drug-likeness (QED) is 0.543. The Bertz CT molecular complexity index is 1320. The van der Waals surface area contributed by atoms with Crippen molar-refractivity contribution in [2.24, 2.45) is 14.1 Å². The fourth-order valence-electron chi connectivity index (χ4n) is 3.50. The Morgan fingerprint density at radius 2 is 1.82 bits per heavy atom. The normalized spacial score (nSPS) is 11.2. The van der Waals surface area contributed by atoms with Gasteiger partial charge in [-0.25, -0.2) is 4.79 Å². The van der Waals surface area contributed by atoms with Crippen LogP contribution in [0.2, 0.25) is 0 Å². The molecular weight excluding hydrogens is 354 g/mol. The summed E-state index contributed by atoms with van der Waals surface area (Å²) in [6.07, 6.45) is 1.72. The number of nitrogens with one attached hydrogen (secondary N) is 1. The molecule has 4 aromatic rings. The second-order valence-electron chi connectivity index (χ2n) is 6.71. The highest BCUT2D eigenvalue weighted by Gasteiger charge is 2.19. The number of hydrogen-bond acceptors (Lipinski definition) is 4. The van der Waals surface area contributed by atoms with Crippen LogP contribution in [0, 0.1) is 0 Å². The molecule has 0 saturated heterocycles. The first-order valence-electron chi connectivity index (χ1n) is 9.00. The molecule has 0 saturated carbocycles. The van der Waals surface area contributed by atoms with E-state index in [9.17, 15) is 9.59 Å². The number of anilines is 1. The van der Waals surface area contributed by atoms with Crippen molar-refractivity contribution in [2.75, 3.05) is 11.9 Å². The van der Waals surface area contributed by atoms with Crippen molar-refractivity contribution in [3.63, 3.8) is 0 Å². The van der Waals surface area contributed by atoms with E-state index < -0.39 is 5.69 Å². The molecule has 0 aliphatic rings. The molecule has 0 amide bonds. The summed E-state index contributed by atoms with van der Waals surface area (Å²) in [5, 5.41) is 5.43. The zero-order valence-corrected chi connectivity index (χ0v) is 15.8. The standard InChI is InChI=1S/C21H21N5O2/c1-4-12-22-20-23-18-17(19(27)25(3)21(28)24(18)2)26(20)13-15-10-7-9-14-8-5-6-11-16(14)15/h4-11H,1,12-13H2,2-3H3,(H,22,23). The van der Waals surface area contributed by atoms with E-state index in [2.05, 4.69) is 35.1 Å². The maximum atomic E-state index is 12.9. The van der Waals surface area contributed by atoms with Crippen LogP contribution in [0.4, 0.5) is 5.95 Å². The Morgan fingerprint density at radius 3 is 2.61 bits per heavy atom. The fourth-order valence-corrected chi connectivity index (χ4v) is 3.50. The average molecular weight is 375 g/mol. The number of rotatable bonds is 5. The van der Waals surface area contributed by atoms with E-state index in [0.29, 0.717) is 30.2 Å². The first-order chi connectivity index (χ1) is 13.5. The number of imidazole rings is 1. The summed E-state index contributed by atoms with van der Waals surface area (Å²) < 4.78 is 4.35. The Hall–Kier alpha value is -3.61. The van der Waals surface area contributed by atoms with Crippen molar-refractivity contribution in [3.8, 4) is 0 Å². The van der Waals surface area contributed by atoms with Crippen molar-refractivity contribution in [2.45, 2.75) is 6.54 Å². The highest BCUT2D eigenvalue weighted by atomic mass is 16.2. The van der Waals surface area contributed by atoms with Crippen LogP contribution in [0.3, 0.4) is 0 Å². The Balaban J connectivity index is 2.00. The third-order valence-electron chi connectivity index (χ3n) is 4.96. The van der Waals surface area contributed by atoms with Gasteiger partial charge in [0, 0.05) is 20.6 Å². The molecule has 7 heteroatoms. The summed E-state index contributed by atoms with van der Waals surface area (Å²) in [6, 6.07) is 14.2. The first-order valence-corrected chi connectivity index (χ1v) is 9.00. The van der Waals surface area contributed by atoms with Crippen molar-refractivity contribution in [1.29, 1.82) is 0 Å². The van der Waals surface area contributed by atoms with E-state index in [-0.39, 0.29) is 5.56 Å². The molecule has 1 N–H and O–H groups in total. The molecule has 0 radical (unpaired) electrons. The highest BCUT2D eigenvalue weighted by Crippen LogP contribution is 2.23. The number of hydrogen-bond donors (Lipinski definition) is 1. The number of aromatic nitrogens is 4. The van der Waals surface area contributed by atoms with E-state index in [1.807, 2.05) is 28.8 Å². The van der Waals surface area contributed by atoms with Crippen LogP contribution in [0.25, 0.3) is 21.9 Å². The molecule has 7 nitrogen and oxygen atoms in total. The van der Waals surface area contributed by atoms with Crippen LogP contribution < -0.4 is 16.6 Å². The van der Waals surface area contributed by atoms with Gasteiger partial charge in [-0.2, -0.15) is 4.98 Å². The van der Waals surface area contributed by atoms with Gasteiger partial charge < -0.3 is 5.32 Å². The molecule has 0 atom stereocenters. The van der Waals surface area contributed by atoms with E-state index in [0.717, 1.165) is 20.9 Å². The molecular formula is C21H21N5O2. The lowest BCUT2D eigenvalue weighted by molar-refractivity contribution is 0.703. The van der Waals surface area contributed by atoms with Crippen LogP contribution >= 0.6 is 0 Å². The third-order valence-corrected chi connectivity index (χ3v) is 4.96. The minimum atomic E-state index is -0.400. The third kappa shape index (κ3) is 2.72. The molecule has 0 aliphatic carbocycles. The van der Waals surface area contributed by atoms with E-state index in [4.69, 9.17) is 0 Å². The molecule has 28 heavy (non-hydrogen) atoms. The predicted octanol–water partition coefficient (Wildman–Crippen LogP) is 2.23. The summed E-state index contributed by atoms with van der Waals surface area (Å²) in [5.74, 6) is 0.529. The molecule has 2 aromatic carbocycles. The minimum absolute atomic E-state index is 0.361. The molecule has 0 aliphatic heterocycles. The zero-order valence-electron chi connectivity index (χ0n) is 15.8. The lowest BCUT2D eigenvalue weighted by Gasteiger charge is -2.12. The maximum absolute atomic E-state index is 12.9. The van der Waals surface area contributed by atoms with E-state index >= 15 is 0 Å². The summed E-state index contributed by atoms with van der Waals surface area (Å²) >= 11 is 0. The SMILES string of the molecule is C=CCNc1nc2c(c(=O)n(C)c(=O)n2C)n1Cc1cccc2ccccc12. The zero-order chi connectivity index (χ0) is 19.8. The average Bonchev–Trinajstić information content (AvgIpc) is 3.07. The van der Waals surface area contributed by atoms with Crippen LogP contribution in [0.5, 0.6) is 0 Å². The van der Waals surface area contributed by atoms with Gasteiger partial charge in [-0.15, -0.1) is 6.58 Å². The monoisotopic (exact) mass is 375 g/mol. The smallest absolute Gasteiger partial charge is 0.332 e. The van der Waals surface area contributed by atoms with Crippen LogP contribution in [0.1, 0.15) is 5.56 Å². The van der Waals surface area contributed by atoms with Crippen molar-refractivity contribution >= 4 is 27.9 Å². The van der Waals surface area contributed by atoms with Gasteiger partial charge in [0.1, 0.15) is 0 Å². The summed E-state index contributed by atoms with van der Waals surface area (Å²) in [4.78, 5) is 29.8. The Morgan fingerprint density at radius 1 is 1.07 bits per heavy atom. The minimum Gasteiger partial charge on any atom is -0.352 e. The van der Waals surface area contributed by atoms with Gasteiger partial charge >= 0.3 is 5.69 Å². The second kappa shape index (κ2) is 6.84. The molecule has 142 valence electrons. The largest absolute Gasteiger partial charge is 0.352 e. The van der Waals surface area contributed by atoms with Gasteiger partial charge in [-0.3, -0.25) is 18.5 Å². The number of aryl methyl sites for hydroxylation is 1. The van der Waals surface area contributed by atoms with Crippen LogP contribution in [0.15, 0.2) is 64.7 Å². The molecule has 0 spiro atoms. The fraction of sp³-hybridized carbons (Fsp3) is 0.190. The molecule has 2 heterocycles. The van der Waals surface area contributed by atoms with Crippen molar-refractivity contribution in [1.82, 2.24) is 18.7 Å². The molecule has 0 bridgehead atoms. The number of nitrogens with zero attached hydrogens (tertiary/aromatic N) is 4. The van der Waals surface area contributed by atoms with Crippen LogP contribution in [-0.2, 0) is 20.6 Å². The number of benzene rings is 2. The van der Waals surface area contributed by atoms with Gasteiger partial charge in [0.2, 0.25) is 5.95 Å². The maximum Gasteiger partial charge on any atom is 0.332 e. The van der Waals surface area contributed by atoms with Crippen molar-refractivity contribution < 1.29 is 0 Å². The Kier molecular flexibility index (Phi) is 4.35. The number of fused-ring (bicyclic) bond motifs is 2. The van der Waals surface area contributed by atoms with Gasteiger partial charge in [0.25, 0.3) is 5.56 Å². The van der Waals surface area contributed by atoms with Gasteiger partial charge in [0.05, 0.1) is 6.54 Å². The van der Waals surface area contributed by atoms with E-state index in [1.165, 1.54) is 11.6 Å². The molecule has 0 unspecified atom stereocenters. The van der Waals surface area contributed by atoms with Crippen LogP contribution in [-0.4, -0.2) is 25.2 Å². The van der Waals surface area contributed by atoms with Gasteiger partial charge in [-0.05, 0) is 16.3 Å². The Labute approximate surface area is 161 Å². The summed E-state index contributed by atoms with van der Waals surface area (Å²) in [5.41, 5.74) is 1.05. The lowest BCUT2D eigenvalue weighted by Crippen LogP contribution is -2.37.